The standard InChI is InChI=1S/C12H19N3OS/c1-4-16-12(2,3)8-15-9-5-6-10(11(13)17)14-7-9/h5-7,15H,4,8H2,1-3H3,(H2,13,17). The molecular weight excluding hydrogens is 234 g/mol. The summed E-state index contributed by atoms with van der Waals surface area (Å²) >= 11 is 4.84. The van der Waals surface area contributed by atoms with E-state index in [2.05, 4.69) is 10.3 Å². The Hall–Kier alpha value is -1.20. The van der Waals surface area contributed by atoms with Crippen molar-refractivity contribution in [3.63, 3.8) is 0 Å². The molecular formula is C12H19N3OS. The van der Waals surface area contributed by atoms with Crippen LogP contribution in [0, 0.1) is 0 Å². The number of anilines is 1. The molecule has 1 aromatic heterocycles. The molecule has 0 atom stereocenters. The van der Waals surface area contributed by atoms with Crippen LogP contribution in [0.15, 0.2) is 18.3 Å². The molecule has 3 N–H and O–H groups in total. The summed E-state index contributed by atoms with van der Waals surface area (Å²) in [6.07, 6.45) is 1.72. The van der Waals surface area contributed by atoms with Crippen LogP contribution >= 0.6 is 12.2 Å². The summed E-state index contributed by atoms with van der Waals surface area (Å²) in [6.45, 7) is 7.49. The molecule has 0 bridgehead atoms. The maximum absolute atomic E-state index is 5.59. The van der Waals surface area contributed by atoms with Crippen molar-refractivity contribution in [1.82, 2.24) is 4.98 Å². The summed E-state index contributed by atoms with van der Waals surface area (Å²) in [6, 6.07) is 3.71. The Morgan fingerprint density at radius 3 is 2.71 bits per heavy atom. The van der Waals surface area contributed by atoms with Crippen LogP contribution in [0.2, 0.25) is 0 Å². The monoisotopic (exact) mass is 253 g/mol. The number of rotatable bonds is 6. The van der Waals surface area contributed by atoms with Crippen LogP contribution < -0.4 is 11.1 Å². The Morgan fingerprint density at radius 2 is 2.24 bits per heavy atom. The molecule has 94 valence electrons. The van der Waals surface area contributed by atoms with Gasteiger partial charge in [0.2, 0.25) is 0 Å². The predicted octanol–water partition coefficient (Wildman–Crippen LogP) is 1.94. The summed E-state index contributed by atoms with van der Waals surface area (Å²) in [5, 5.41) is 3.26. The average molecular weight is 253 g/mol. The molecule has 0 aliphatic carbocycles. The molecule has 17 heavy (non-hydrogen) atoms. The van der Waals surface area contributed by atoms with E-state index in [-0.39, 0.29) is 5.60 Å². The van der Waals surface area contributed by atoms with Crippen molar-refractivity contribution in [3.05, 3.63) is 24.0 Å². The third-order valence-electron chi connectivity index (χ3n) is 2.27. The zero-order chi connectivity index (χ0) is 12.9. The lowest BCUT2D eigenvalue weighted by Gasteiger charge is -2.25. The number of hydrogen-bond donors (Lipinski definition) is 2. The highest BCUT2D eigenvalue weighted by molar-refractivity contribution is 7.80. The fourth-order valence-electron chi connectivity index (χ4n) is 1.40. The second-order valence-corrected chi connectivity index (χ2v) is 4.78. The minimum Gasteiger partial charge on any atom is -0.388 e. The van der Waals surface area contributed by atoms with E-state index in [0.717, 1.165) is 12.2 Å². The van der Waals surface area contributed by atoms with Crippen LogP contribution in [-0.2, 0) is 4.74 Å². The molecule has 0 spiro atoms. The summed E-state index contributed by atoms with van der Waals surface area (Å²) in [4.78, 5) is 4.47. The number of nitrogens with zero attached hydrogens (tertiary/aromatic N) is 1. The molecule has 0 fully saturated rings. The average Bonchev–Trinajstić information content (AvgIpc) is 2.27. The normalized spacial score (nSPS) is 11.2. The van der Waals surface area contributed by atoms with E-state index in [1.807, 2.05) is 26.8 Å². The Balaban J connectivity index is 2.55. The van der Waals surface area contributed by atoms with Gasteiger partial charge in [-0.25, -0.2) is 0 Å². The van der Waals surface area contributed by atoms with Crippen molar-refractivity contribution >= 4 is 22.9 Å². The lowest BCUT2D eigenvalue weighted by molar-refractivity contribution is 0.000695. The van der Waals surface area contributed by atoms with E-state index in [9.17, 15) is 0 Å². The molecule has 0 amide bonds. The van der Waals surface area contributed by atoms with Gasteiger partial charge in [0.25, 0.3) is 0 Å². The van der Waals surface area contributed by atoms with Crippen LogP contribution in [0.1, 0.15) is 26.5 Å². The van der Waals surface area contributed by atoms with Crippen LogP contribution in [0.25, 0.3) is 0 Å². The van der Waals surface area contributed by atoms with Crippen molar-refractivity contribution < 1.29 is 4.74 Å². The van der Waals surface area contributed by atoms with E-state index in [0.29, 0.717) is 17.3 Å². The zero-order valence-corrected chi connectivity index (χ0v) is 11.3. The van der Waals surface area contributed by atoms with Gasteiger partial charge in [0, 0.05) is 13.2 Å². The molecule has 0 radical (unpaired) electrons. The van der Waals surface area contributed by atoms with Crippen LogP contribution in [0.3, 0.4) is 0 Å². The topological polar surface area (TPSA) is 60.2 Å². The first-order chi connectivity index (χ1) is 7.94. The van der Waals surface area contributed by atoms with Crippen LogP contribution in [0.4, 0.5) is 5.69 Å². The Bertz CT molecular complexity index is 376. The van der Waals surface area contributed by atoms with Crippen molar-refractivity contribution in [2.45, 2.75) is 26.4 Å². The smallest absolute Gasteiger partial charge is 0.122 e. The van der Waals surface area contributed by atoms with Gasteiger partial charge in [-0.1, -0.05) is 12.2 Å². The maximum atomic E-state index is 5.59. The lowest BCUT2D eigenvalue weighted by atomic mass is 10.1. The van der Waals surface area contributed by atoms with E-state index in [4.69, 9.17) is 22.7 Å². The van der Waals surface area contributed by atoms with Gasteiger partial charge in [-0.2, -0.15) is 0 Å². The second kappa shape index (κ2) is 5.93. The highest BCUT2D eigenvalue weighted by Gasteiger charge is 2.16. The van der Waals surface area contributed by atoms with Crippen molar-refractivity contribution in [1.29, 1.82) is 0 Å². The van der Waals surface area contributed by atoms with Gasteiger partial charge in [0.15, 0.2) is 0 Å². The molecule has 4 nitrogen and oxygen atoms in total. The third kappa shape index (κ3) is 4.66. The molecule has 1 rings (SSSR count). The van der Waals surface area contributed by atoms with Crippen molar-refractivity contribution in [2.75, 3.05) is 18.5 Å². The van der Waals surface area contributed by atoms with E-state index < -0.39 is 0 Å². The molecule has 0 saturated heterocycles. The Labute approximate surface area is 108 Å². The summed E-state index contributed by atoms with van der Waals surface area (Å²) in [7, 11) is 0. The van der Waals surface area contributed by atoms with Crippen LogP contribution in [0.5, 0.6) is 0 Å². The SMILES string of the molecule is CCOC(C)(C)CNc1ccc(C(N)=S)nc1. The van der Waals surface area contributed by atoms with Crippen molar-refractivity contribution in [3.8, 4) is 0 Å². The van der Waals surface area contributed by atoms with Gasteiger partial charge in [-0.3, -0.25) is 4.98 Å². The zero-order valence-electron chi connectivity index (χ0n) is 10.5. The van der Waals surface area contributed by atoms with Crippen molar-refractivity contribution in [2.24, 2.45) is 5.73 Å². The first-order valence-electron chi connectivity index (χ1n) is 5.58. The molecule has 0 saturated carbocycles. The van der Waals surface area contributed by atoms with Gasteiger partial charge in [0.1, 0.15) is 4.99 Å². The second-order valence-electron chi connectivity index (χ2n) is 4.34. The van der Waals surface area contributed by atoms with Gasteiger partial charge in [0.05, 0.1) is 23.2 Å². The van der Waals surface area contributed by atoms with E-state index in [1.165, 1.54) is 0 Å². The molecule has 0 aliphatic heterocycles. The summed E-state index contributed by atoms with van der Waals surface area (Å²) in [5.41, 5.74) is 6.84. The number of thiocarbonyl (C=S) groups is 1. The number of aromatic nitrogens is 1. The highest BCUT2D eigenvalue weighted by atomic mass is 32.1. The van der Waals surface area contributed by atoms with E-state index in [1.54, 1.807) is 12.3 Å². The van der Waals surface area contributed by atoms with Gasteiger partial charge < -0.3 is 15.8 Å². The minimum atomic E-state index is -0.198. The first kappa shape index (κ1) is 13.9. The fourth-order valence-corrected chi connectivity index (χ4v) is 1.52. The largest absolute Gasteiger partial charge is 0.388 e. The maximum Gasteiger partial charge on any atom is 0.122 e. The molecule has 5 heteroatoms. The molecule has 0 aromatic carbocycles. The Kier molecular flexibility index (Phi) is 4.84. The number of nitrogens with one attached hydrogen (secondary N) is 1. The van der Waals surface area contributed by atoms with Gasteiger partial charge in [-0.05, 0) is 32.9 Å². The van der Waals surface area contributed by atoms with Crippen LogP contribution in [-0.4, -0.2) is 28.7 Å². The fraction of sp³-hybridized carbons (Fsp3) is 0.500. The number of hydrogen-bond acceptors (Lipinski definition) is 4. The molecule has 0 aliphatic rings. The lowest BCUT2D eigenvalue weighted by Crippen LogP contribution is -2.33. The highest BCUT2D eigenvalue weighted by Crippen LogP contribution is 2.12. The Morgan fingerprint density at radius 1 is 1.53 bits per heavy atom. The summed E-state index contributed by atoms with van der Waals surface area (Å²) in [5.74, 6) is 0. The van der Waals surface area contributed by atoms with E-state index >= 15 is 0 Å². The quantitative estimate of drug-likeness (QED) is 0.759. The predicted molar refractivity (Wildman–Crippen MR) is 74.3 cm³/mol. The first-order valence-corrected chi connectivity index (χ1v) is 5.99. The summed E-state index contributed by atoms with van der Waals surface area (Å²) < 4.78 is 5.59. The number of nitrogens with two attached hydrogens (primary N) is 1. The molecule has 1 aromatic rings. The molecule has 0 unspecified atom stereocenters. The third-order valence-corrected chi connectivity index (χ3v) is 2.48. The number of pyridine rings is 1. The van der Waals surface area contributed by atoms with Gasteiger partial charge >= 0.3 is 0 Å². The minimum absolute atomic E-state index is 0.198. The molecule has 1 heterocycles. The van der Waals surface area contributed by atoms with Gasteiger partial charge in [-0.15, -0.1) is 0 Å². The number of ether oxygens (including phenoxy) is 1.